The summed E-state index contributed by atoms with van der Waals surface area (Å²) >= 11 is 0. The molecule has 0 aliphatic heterocycles. The third kappa shape index (κ3) is 3.74. The molecule has 1 aliphatic rings. The van der Waals surface area contributed by atoms with Gasteiger partial charge in [-0.05, 0) is 39.4 Å². The van der Waals surface area contributed by atoms with Crippen molar-refractivity contribution in [1.29, 1.82) is 0 Å². The first-order valence-electron chi connectivity index (χ1n) is 6.03. The Morgan fingerprint density at radius 3 is 2.40 bits per heavy atom. The molecular weight excluding hydrogens is 186 g/mol. The van der Waals surface area contributed by atoms with Crippen molar-refractivity contribution >= 4 is 0 Å². The van der Waals surface area contributed by atoms with Crippen molar-refractivity contribution in [3.05, 3.63) is 0 Å². The van der Waals surface area contributed by atoms with Gasteiger partial charge < -0.3 is 15.5 Å². The van der Waals surface area contributed by atoms with E-state index in [2.05, 4.69) is 37.9 Å². The van der Waals surface area contributed by atoms with Gasteiger partial charge >= 0.3 is 0 Å². The first kappa shape index (κ1) is 12.9. The Hall–Kier alpha value is -0.120. The molecule has 0 aromatic carbocycles. The summed E-state index contributed by atoms with van der Waals surface area (Å²) in [5.41, 5.74) is 6.53. The molecule has 15 heavy (non-hydrogen) atoms. The lowest BCUT2D eigenvalue weighted by Gasteiger charge is -2.34. The van der Waals surface area contributed by atoms with Crippen LogP contribution in [0.15, 0.2) is 0 Å². The summed E-state index contributed by atoms with van der Waals surface area (Å²) in [7, 11) is 6.45. The molecule has 0 amide bonds. The lowest BCUT2D eigenvalue weighted by molar-refractivity contribution is 0.168. The van der Waals surface area contributed by atoms with Crippen molar-refractivity contribution in [3.8, 4) is 0 Å². The van der Waals surface area contributed by atoms with Gasteiger partial charge in [0.05, 0.1) is 0 Å². The molecule has 1 rings (SSSR count). The first-order valence-corrected chi connectivity index (χ1v) is 6.03. The Morgan fingerprint density at radius 1 is 1.27 bits per heavy atom. The molecule has 3 nitrogen and oxygen atoms in total. The lowest BCUT2D eigenvalue weighted by Crippen LogP contribution is -2.44. The van der Waals surface area contributed by atoms with Crippen molar-refractivity contribution < 1.29 is 0 Å². The van der Waals surface area contributed by atoms with E-state index in [0.717, 1.165) is 19.6 Å². The smallest absolute Gasteiger partial charge is 0.0106 e. The summed E-state index contributed by atoms with van der Waals surface area (Å²) in [5.74, 6) is 0. The highest BCUT2D eigenvalue weighted by Crippen LogP contribution is 2.36. The van der Waals surface area contributed by atoms with Crippen molar-refractivity contribution in [3.63, 3.8) is 0 Å². The molecule has 2 N–H and O–H groups in total. The highest BCUT2D eigenvalue weighted by Gasteiger charge is 2.36. The predicted octanol–water partition coefficient (Wildman–Crippen LogP) is 0.997. The minimum atomic E-state index is 0.348. The maximum absolute atomic E-state index is 6.18. The Kier molecular flexibility index (Phi) is 4.56. The van der Waals surface area contributed by atoms with Gasteiger partial charge in [0, 0.05) is 25.7 Å². The standard InChI is InChI=1S/C12H27N3/c1-12(7-5-6-11(12)13)10-15(4)9-8-14(2)3/h11H,5-10,13H2,1-4H3. The van der Waals surface area contributed by atoms with E-state index in [-0.39, 0.29) is 0 Å². The molecule has 0 bridgehead atoms. The number of hydrogen-bond donors (Lipinski definition) is 1. The van der Waals surface area contributed by atoms with Crippen LogP contribution in [-0.2, 0) is 0 Å². The van der Waals surface area contributed by atoms with E-state index in [1.54, 1.807) is 0 Å². The molecule has 1 saturated carbocycles. The molecule has 0 spiro atoms. The van der Waals surface area contributed by atoms with E-state index in [4.69, 9.17) is 5.73 Å². The van der Waals surface area contributed by atoms with Crippen LogP contribution in [0.25, 0.3) is 0 Å². The van der Waals surface area contributed by atoms with Crippen LogP contribution in [0.1, 0.15) is 26.2 Å². The van der Waals surface area contributed by atoms with Crippen LogP contribution < -0.4 is 5.73 Å². The molecule has 0 aromatic rings. The molecule has 90 valence electrons. The van der Waals surface area contributed by atoms with Gasteiger partial charge in [0.2, 0.25) is 0 Å². The highest BCUT2D eigenvalue weighted by molar-refractivity contribution is 4.93. The summed E-state index contributed by atoms with van der Waals surface area (Å²) in [6, 6.07) is 0.402. The average Bonchev–Trinajstić information content (AvgIpc) is 2.44. The third-order valence-corrected chi connectivity index (χ3v) is 3.72. The topological polar surface area (TPSA) is 32.5 Å². The zero-order valence-corrected chi connectivity index (χ0v) is 10.8. The highest BCUT2D eigenvalue weighted by atomic mass is 15.2. The van der Waals surface area contributed by atoms with E-state index in [1.807, 2.05) is 0 Å². The average molecular weight is 213 g/mol. The minimum Gasteiger partial charge on any atom is -0.327 e. The van der Waals surface area contributed by atoms with Crippen LogP contribution in [0.4, 0.5) is 0 Å². The molecule has 2 unspecified atom stereocenters. The van der Waals surface area contributed by atoms with E-state index >= 15 is 0 Å². The molecule has 0 aromatic heterocycles. The monoisotopic (exact) mass is 213 g/mol. The van der Waals surface area contributed by atoms with Crippen LogP contribution in [0.2, 0.25) is 0 Å². The maximum Gasteiger partial charge on any atom is 0.0106 e. The molecule has 2 atom stereocenters. The zero-order chi connectivity index (χ0) is 11.5. The fourth-order valence-corrected chi connectivity index (χ4v) is 2.52. The van der Waals surface area contributed by atoms with Crippen LogP contribution in [-0.4, -0.2) is 56.6 Å². The van der Waals surface area contributed by atoms with Gasteiger partial charge in [0.25, 0.3) is 0 Å². The Bertz CT molecular complexity index is 193. The van der Waals surface area contributed by atoms with Crippen LogP contribution in [0.5, 0.6) is 0 Å². The minimum absolute atomic E-state index is 0.348. The van der Waals surface area contributed by atoms with E-state index in [0.29, 0.717) is 11.5 Å². The summed E-state index contributed by atoms with van der Waals surface area (Å²) < 4.78 is 0. The molecule has 0 heterocycles. The second-order valence-electron chi connectivity index (χ2n) is 5.69. The van der Waals surface area contributed by atoms with Crippen LogP contribution in [0, 0.1) is 5.41 Å². The zero-order valence-electron chi connectivity index (χ0n) is 10.8. The quantitative estimate of drug-likeness (QED) is 0.739. The molecule has 3 heteroatoms. The molecule has 0 saturated heterocycles. The fourth-order valence-electron chi connectivity index (χ4n) is 2.52. The lowest BCUT2D eigenvalue weighted by atomic mass is 9.85. The van der Waals surface area contributed by atoms with Crippen LogP contribution >= 0.6 is 0 Å². The summed E-state index contributed by atoms with van der Waals surface area (Å²) in [6.45, 7) is 5.75. The predicted molar refractivity (Wildman–Crippen MR) is 66.0 cm³/mol. The van der Waals surface area contributed by atoms with E-state index in [9.17, 15) is 0 Å². The van der Waals surface area contributed by atoms with Gasteiger partial charge in [-0.25, -0.2) is 0 Å². The largest absolute Gasteiger partial charge is 0.327 e. The number of nitrogens with zero attached hydrogens (tertiary/aromatic N) is 2. The fraction of sp³-hybridized carbons (Fsp3) is 1.00. The van der Waals surface area contributed by atoms with Gasteiger partial charge in [-0.1, -0.05) is 13.3 Å². The number of nitrogens with two attached hydrogens (primary N) is 1. The van der Waals surface area contributed by atoms with Crippen molar-refractivity contribution in [2.24, 2.45) is 11.1 Å². The Morgan fingerprint density at radius 2 is 1.93 bits per heavy atom. The third-order valence-electron chi connectivity index (χ3n) is 3.72. The Balaban J connectivity index is 2.33. The molecule has 1 fully saturated rings. The number of rotatable bonds is 5. The summed E-state index contributed by atoms with van der Waals surface area (Å²) in [4.78, 5) is 4.65. The maximum atomic E-state index is 6.18. The second kappa shape index (κ2) is 5.28. The van der Waals surface area contributed by atoms with E-state index < -0.39 is 0 Å². The van der Waals surface area contributed by atoms with Gasteiger partial charge in [-0.3, -0.25) is 0 Å². The summed E-state index contributed by atoms with van der Waals surface area (Å²) in [5, 5.41) is 0. The van der Waals surface area contributed by atoms with Gasteiger partial charge in [-0.2, -0.15) is 0 Å². The second-order valence-corrected chi connectivity index (χ2v) is 5.69. The normalized spacial score (nSPS) is 31.8. The summed E-state index contributed by atoms with van der Waals surface area (Å²) in [6.07, 6.45) is 3.80. The molecule has 0 radical (unpaired) electrons. The molecule has 1 aliphatic carbocycles. The number of hydrogen-bond acceptors (Lipinski definition) is 3. The van der Waals surface area contributed by atoms with Crippen molar-refractivity contribution in [2.75, 3.05) is 40.8 Å². The first-order chi connectivity index (χ1) is 6.94. The van der Waals surface area contributed by atoms with E-state index in [1.165, 1.54) is 19.3 Å². The number of likely N-dealkylation sites (N-methyl/N-ethyl adjacent to an activating group) is 2. The van der Waals surface area contributed by atoms with Crippen molar-refractivity contribution in [2.45, 2.75) is 32.2 Å². The van der Waals surface area contributed by atoms with Crippen molar-refractivity contribution in [1.82, 2.24) is 9.80 Å². The van der Waals surface area contributed by atoms with Gasteiger partial charge in [-0.15, -0.1) is 0 Å². The molecular formula is C12H27N3. The van der Waals surface area contributed by atoms with Gasteiger partial charge in [0.1, 0.15) is 0 Å². The van der Waals surface area contributed by atoms with Gasteiger partial charge in [0.15, 0.2) is 0 Å². The SMILES string of the molecule is CN(C)CCN(C)CC1(C)CCCC1N. The Labute approximate surface area is 94.6 Å². The van der Waals surface area contributed by atoms with Crippen LogP contribution in [0.3, 0.4) is 0 Å².